The van der Waals surface area contributed by atoms with Crippen LogP contribution in [0.4, 0.5) is 0 Å². The van der Waals surface area contributed by atoms with Crippen molar-refractivity contribution in [3.8, 4) is 0 Å². The minimum atomic E-state index is -2.66. The average molecular weight is 316 g/mol. The summed E-state index contributed by atoms with van der Waals surface area (Å²) in [7, 11) is 0. The molecule has 2 unspecified atom stereocenters. The Morgan fingerprint density at radius 3 is 1.91 bits per heavy atom. The van der Waals surface area contributed by atoms with E-state index in [9.17, 15) is 0 Å². The molecule has 4 heterocycles. The quantitative estimate of drug-likeness (QED) is 0.774. The Bertz CT molecular complexity index is 642. The highest BCUT2D eigenvalue weighted by Crippen LogP contribution is 2.39. The van der Waals surface area contributed by atoms with E-state index in [0.29, 0.717) is 25.2 Å². The summed E-state index contributed by atoms with van der Waals surface area (Å²) in [6, 6.07) is 0.613. The number of piperazine rings is 1. The van der Waals surface area contributed by atoms with E-state index < -0.39 is 37.1 Å². The number of likely N-dealkylation sites (tertiary alicyclic amines) is 1. The first-order valence-electron chi connectivity index (χ1n) is 12.5. The molecule has 4 rings (SSSR count). The van der Waals surface area contributed by atoms with Gasteiger partial charge in [0, 0.05) is 41.7 Å². The normalized spacial score (nSPS) is 47.5. The molecule has 0 spiro atoms. The molecular formula is C19H37N3. The van der Waals surface area contributed by atoms with Gasteiger partial charge in [0.05, 0.1) is 6.67 Å². The summed E-state index contributed by atoms with van der Waals surface area (Å²) in [6.07, 6.45) is -4.09. The molecule has 2 atom stereocenters. The lowest BCUT2D eigenvalue weighted by Crippen LogP contribution is -2.73. The summed E-state index contributed by atoms with van der Waals surface area (Å²) in [5.41, 5.74) is -0.928. The highest BCUT2D eigenvalue weighted by molar-refractivity contribution is 5.05. The molecule has 4 aliphatic heterocycles. The van der Waals surface area contributed by atoms with E-state index in [4.69, 9.17) is 11.0 Å². The van der Waals surface area contributed by atoms with E-state index in [0.717, 1.165) is 11.3 Å². The van der Waals surface area contributed by atoms with Crippen LogP contribution in [0.1, 0.15) is 71.7 Å². The van der Waals surface area contributed by atoms with Gasteiger partial charge in [0.1, 0.15) is 0 Å². The van der Waals surface area contributed by atoms with E-state index in [2.05, 4.69) is 25.7 Å². The molecule has 2 bridgehead atoms. The van der Waals surface area contributed by atoms with Gasteiger partial charge < -0.3 is 0 Å². The molecule has 0 saturated carbocycles. The third kappa shape index (κ3) is 3.37. The van der Waals surface area contributed by atoms with Crippen LogP contribution >= 0.6 is 0 Å². The molecule has 0 N–H and O–H groups in total. The molecule has 0 amide bonds. The zero-order chi connectivity index (χ0) is 23.3. The van der Waals surface area contributed by atoms with E-state index >= 15 is 0 Å². The van der Waals surface area contributed by atoms with Gasteiger partial charge in [-0.2, -0.15) is 0 Å². The summed E-state index contributed by atoms with van der Waals surface area (Å²) in [5.74, 6) is -1.45. The molecule has 3 heteroatoms. The number of nitrogens with zero attached hydrogens (tertiary/aromatic N) is 3. The molecule has 0 aromatic heterocycles. The Morgan fingerprint density at radius 2 is 1.45 bits per heavy atom. The van der Waals surface area contributed by atoms with Crippen molar-refractivity contribution >= 4 is 0 Å². The minimum absolute atomic E-state index is 0.0307. The first-order chi connectivity index (χ1) is 13.2. The third-order valence-corrected chi connectivity index (χ3v) is 4.94. The van der Waals surface area contributed by atoms with Gasteiger partial charge in [0.25, 0.3) is 0 Å². The van der Waals surface area contributed by atoms with Crippen molar-refractivity contribution < 1.29 is 11.0 Å². The van der Waals surface area contributed by atoms with Crippen LogP contribution in [0.5, 0.6) is 0 Å². The van der Waals surface area contributed by atoms with Crippen LogP contribution in [-0.4, -0.2) is 65.1 Å². The second-order valence-electron chi connectivity index (χ2n) is 9.04. The van der Waals surface area contributed by atoms with Gasteiger partial charge in [0.15, 0.2) is 0 Å². The number of rotatable bonds is 2. The van der Waals surface area contributed by atoms with E-state index in [1.54, 1.807) is 20.8 Å². The summed E-state index contributed by atoms with van der Waals surface area (Å²) in [6.45, 7) is 7.27. The number of piperidine rings is 2. The zero-order valence-corrected chi connectivity index (χ0v) is 14.9. The summed E-state index contributed by atoms with van der Waals surface area (Å²) < 4.78 is 68.9. The molecule has 0 aromatic rings. The van der Waals surface area contributed by atoms with Crippen LogP contribution in [0.3, 0.4) is 0 Å². The van der Waals surface area contributed by atoms with Gasteiger partial charge in [-0.3, -0.25) is 14.7 Å². The van der Waals surface area contributed by atoms with Crippen LogP contribution in [0.2, 0.25) is 0 Å². The fraction of sp³-hybridized carbons (Fsp3) is 1.00. The monoisotopic (exact) mass is 315 g/mol. The van der Waals surface area contributed by atoms with Gasteiger partial charge in [0.2, 0.25) is 0 Å². The maximum Gasteiger partial charge on any atom is 0.0507 e. The number of fused-ring (bicyclic) bond motifs is 2. The summed E-state index contributed by atoms with van der Waals surface area (Å²) in [4.78, 5) is 5.20. The highest BCUT2D eigenvalue weighted by Gasteiger charge is 2.49. The van der Waals surface area contributed by atoms with Crippen molar-refractivity contribution in [1.82, 2.24) is 14.7 Å². The number of hydrogen-bond donors (Lipinski definition) is 0. The van der Waals surface area contributed by atoms with Crippen LogP contribution in [0, 0.1) is 11.3 Å². The SMILES string of the molecule is [2H]C1([2H])C(C(C)(C)C)C([2H])([2H])C([2H])([2H])N(CN2CC3CC(C2)N3C(C)(C)C)C1([2H])[2H]. The fourth-order valence-corrected chi connectivity index (χ4v) is 3.96. The molecule has 4 fully saturated rings. The minimum Gasteiger partial charge on any atom is -0.290 e. The van der Waals surface area contributed by atoms with Crippen LogP contribution in [0.25, 0.3) is 0 Å². The van der Waals surface area contributed by atoms with Gasteiger partial charge in [-0.05, 0) is 64.3 Å². The lowest BCUT2D eigenvalue weighted by molar-refractivity contribution is -0.129. The summed E-state index contributed by atoms with van der Waals surface area (Å²) in [5, 5.41) is 0. The second-order valence-corrected chi connectivity index (χ2v) is 9.04. The molecule has 4 aliphatic rings. The Hall–Kier alpha value is -0.120. The smallest absolute Gasteiger partial charge is 0.0507 e. The Balaban J connectivity index is 1.91. The van der Waals surface area contributed by atoms with Crippen LogP contribution in [0.15, 0.2) is 0 Å². The highest BCUT2D eigenvalue weighted by atomic mass is 15.4. The van der Waals surface area contributed by atoms with Crippen molar-refractivity contribution in [3.05, 3.63) is 0 Å². The topological polar surface area (TPSA) is 9.72 Å². The maximum absolute atomic E-state index is 8.62. The molecule has 0 radical (unpaired) electrons. The lowest BCUT2D eigenvalue weighted by Gasteiger charge is -2.62. The standard InChI is InChI=1S/C19H37N3/c1-18(2,3)15-7-9-20(10-8-15)14-21-12-16-11-17(13-21)22(16)19(4,5)6/h15-17H,7-14H2,1-6H3/i7D2,8D2,9D2,10D2. The van der Waals surface area contributed by atoms with Gasteiger partial charge in [-0.15, -0.1) is 0 Å². The molecule has 22 heavy (non-hydrogen) atoms. The lowest BCUT2D eigenvalue weighted by atomic mass is 9.75. The van der Waals surface area contributed by atoms with Gasteiger partial charge >= 0.3 is 0 Å². The van der Waals surface area contributed by atoms with Gasteiger partial charge in [-0.25, -0.2) is 0 Å². The molecule has 0 aliphatic carbocycles. The molecule has 4 saturated heterocycles. The van der Waals surface area contributed by atoms with E-state index in [1.165, 1.54) is 0 Å². The Kier molecular flexibility index (Phi) is 2.45. The van der Waals surface area contributed by atoms with Crippen molar-refractivity contribution in [2.75, 3.05) is 32.8 Å². The van der Waals surface area contributed by atoms with Crippen LogP contribution < -0.4 is 0 Å². The van der Waals surface area contributed by atoms with Crippen molar-refractivity contribution in [2.45, 2.75) is 78.3 Å². The van der Waals surface area contributed by atoms with Crippen molar-refractivity contribution in [1.29, 1.82) is 0 Å². The van der Waals surface area contributed by atoms with E-state index in [-0.39, 0.29) is 12.2 Å². The van der Waals surface area contributed by atoms with E-state index in [1.807, 2.05) is 4.90 Å². The number of hydrogen-bond acceptors (Lipinski definition) is 3. The third-order valence-electron chi connectivity index (χ3n) is 4.94. The molecule has 0 aromatic carbocycles. The van der Waals surface area contributed by atoms with Crippen molar-refractivity contribution in [2.24, 2.45) is 11.3 Å². The first-order valence-corrected chi connectivity index (χ1v) is 8.45. The van der Waals surface area contributed by atoms with Crippen molar-refractivity contribution in [3.63, 3.8) is 0 Å². The second kappa shape index (κ2) is 5.75. The van der Waals surface area contributed by atoms with Gasteiger partial charge in [-0.1, -0.05) is 20.8 Å². The molecular weight excluding hydrogens is 270 g/mol. The predicted octanol–water partition coefficient (Wildman–Crippen LogP) is 3.26. The molecule has 128 valence electrons. The summed E-state index contributed by atoms with van der Waals surface area (Å²) >= 11 is 0. The maximum atomic E-state index is 8.62. The van der Waals surface area contributed by atoms with Crippen LogP contribution in [-0.2, 0) is 0 Å². The largest absolute Gasteiger partial charge is 0.290 e. The Morgan fingerprint density at radius 1 is 0.909 bits per heavy atom. The average Bonchev–Trinajstić information content (AvgIpc) is 2.47. The predicted molar refractivity (Wildman–Crippen MR) is 94.0 cm³/mol. The molecule has 3 nitrogen and oxygen atoms in total. The zero-order valence-electron chi connectivity index (χ0n) is 22.9. The Labute approximate surface area is 149 Å². The fourth-order valence-electron chi connectivity index (χ4n) is 3.96. The first kappa shape index (κ1) is 9.39.